The summed E-state index contributed by atoms with van der Waals surface area (Å²) in [7, 11) is 0. The van der Waals surface area contributed by atoms with E-state index in [-0.39, 0.29) is 12.0 Å². The Hall–Kier alpha value is -0.0800. The highest BCUT2D eigenvalue weighted by Crippen LogP contribution is 2.34. The van der Waals surface area contributed by atoms with Crippen LogP contribution in [0.25, 0.3) is 0 Å². The van der Waals surface area contributed by atoms with Crippen LogP contribution >= 0.6 is 0 Å². The third-order valence-electron chi connectivity index (χ3n) is 2.30. The molecule has 0 spiro atoms. The van der Waals surface area contributed by atoms with E-state index in [1.165, 1.54) is 12.8 Å². The van der Waals surface area contributed by atoms with Gasteiger partial charge in [-0.05, 0) is 24.8 Å². The Morgan fingerprint density at radius 3 is 2.60 bits per heavy atom. The van der Waals surface area contributed by atoms with Crippen LogP contribution in [0.4, 0.5) is 0 Å². The van der Waals surface area contributed by atoms with Crippen molar-refractivity contribution >= 4 is 0 Å². The smallest absolute Gasteiger partial charge is 0.0580 e. The Morgan fingerprint density at radius 2 is 2.20 bits per heavy atom. The zero-order chi connectivity index (χ0) is 7.56. The topological polar surface area (TPSA) is 46.2 Å². The number of hydrogen-bond acceptors (Lipinski definition) is 2. The van der Waals surface area contributed by atoms with Gasteiger partial charge in [0.1, 0.15) is 0 Å². The largest absolute Gasteiger partial charge is 0.393 e. The van der Waals surface area contributed by atoms with Crippen molar-refractivity contribution < 1.29 is 5.11 Å². The van der Waals surface area contributed by atoms with Crippen LogP contribution in [0.2, 0.25) is 0 Å². The first-order valence-corrected chi connectivity index (χ1v) is 4.12. The summed E-state index contributed by atoms with van der Waals surface area (Å²) in [4.78, 5) is 0. The lowest BCUT2D eigenvalue weighted by Gasteiger charge is -2.15. The number of hydrogen-bond donors (Lipinski definition) is 2. The van der Waals surface area contributed by atoms with Crippen molar-refractivity contribution in [3.63, 3.8) is 0 Å². The van der Waals surface area contributed by atoms with Gasteiger partial charge in [-0.1, -0.05) is 19.8 Å². The van der Waals surface area contributed by atoms with Crippen LogP contribution in [0.1, 0.15) is 26.2 Å². The Balaban J connectivity index is 2.11. The summed E-state index contributed by atoms with van der Waals surface area (Å²) in [6.07, 6.45) is 3.44. The van der Waals surface area contributed by atoms with Gasteiger partial charge in [0.05, 0.1) is 6.10 Å². The van der Waals surface area contributed by atoms with Crippen LogP contribution in [0.3, 0.4) is 0 Å². The van der Waals surface area contributed by atoms with E-state index in [4.69, 9.17) is 5.73 Å². The zero-order valence-electron chi connectivity index (χ0n) is 6.59. The molecule has 60 valence electrons. The molecule has 2 atom stereocenters. The third-order valence-corrected chi connectivity index (χ3v) is 2.30. The van der Waals surface area contributed by atoms with Gasteiger partial charge in [-0.2, -0.15) is 0 Å². The molecule has 1 rings (SSSR count). The van der Waals surface area contributed by atoms with Crippen molar-refractivity contribution in [1.82, 2.24) is 0 Å². The summed E-state index contributed by atoms with van der Waals surface area (Å²) in [5.41, 5.74) is 5.41. The fourth-order valence-corrected chi connectivity index (χ4v) is 1.08. The molecular weight excluding hydrogens is 126 g/mol. The van der Waals surface area contributed by atoms with Gasteiger partial charge in [0.25, 0.3) is 0 Å². The SMILES string of the molecule is CC(CN)C(O)CC1CC1. The average Bonchev–Trinajstić information content (AvgIpc) is 2.70. The molecule has 1 aliphatic carbocycles. The van der Waals surface area contributed by atoms with E-state index in [0.29, 0.717) is 6.54 Å². The van der Waals surface area contributed by atoms with E-state index >= 15 is 0 Å². The molecule has 0 aromatic heterocycles. The van der Waals surface area contributed by atoms with Crippen molar-refractivity contribution in [2.75, 3.05) is 6.54 Å². The Kier molecular flexibility index (Phi) is 2.69. The minimum absolute atomic E-state index is 0.155. The van der Waals surface area contributed by atoms with Gasteiger partial charge in [0.15, 0.2) is 0 Å². The normalized spacial score (nSPS) is 24.3. The standard InChI is InChI=1S/C8H17NO/c1-6(5-9)8(10)4-7-2-3-7/h6-8,10H,2-5,9H2,1H3. The highest BCUT2D eigenvalue weighted by molar-refractivity contribution is 4.78. The lowest BCUT2D eigenvalue weighted by molar-refractivity contribution is 0.105. The van der Waals surface area contributed by atoms with Crippen molar-refractivity contribution in [3.8, 4) is 0 Å². The second kappa shape index (κ2) is 3.35. The van der Waals surface area contributed by atoms with Crippen LogP contribution in [0, 0.1) is 11.8 Å². The maximum absolute atomic E-state index is 9.45. The molecule has 3 N–H and O–H groups in total. The predicted molar refractivity (Wildman–Crippen MR) is 41.6 cm³/mol. The molecule has 2 heteroatoms. The first-order valence-electron chi connectivity index (χ1n) is 4.12. The van der Waals surface area contributed by atoms with E-state index in [0.717, 1.165) is 12.3 Å². The summed E-state index contributed by atoms with van der Waals surface area (Å²) in [6, 6.07) is 0. The first-order chi connectivity index (χ1) is 4.74. The van der Waals surface area contributed by atoms with E-state index in [1.54, 1.807) is 0 Å². The molecule has 2 nitrogen and oxygen atoms in total. The summed E-state index contributed by atoms with van der Waals surface area (Å²) in [5, 5.41) is 9.45. The average molecular weight is 143 g/mol. The van der Waals surface area contributed by atoms with Gasteiger partial charge in [-0.3, -0.25) is 0 Å². The molecule has 1 saturated carbocycles. The quantitative estimate of drug-likeness (QED) is 0.609. The minimum atomic E-state index is -0.155. The molecule has 0 aromatic rings. The first kappa shape index (κ1) is 8.02. The van der Waals surface area contributed by atoms with E-state index < -0.39 is 0 Å². The van der Waals surface area contributed by atoms with Gasteiger partial charge in [0, 0.05) is 0 Å². The van der Waals surface area contributed by atoms with Crippen LogP contribution in [-0.2, 0) is 0 Å². The molecule has 0 aromatic carbocycles. The number of aliphatic hydroxyl groups is 1. The maximum Gasteiger partial charge on any atom is 0.0580 e. The van der Waals surface area contributed by atoms with E-state index in [1.807, 2.05) is 6.92 Å². The van der Waals surface area contributed by atoms with E-state index in [2.05, 4.69) is 0 Å². The van der Waals surface area contributed by atoms with Crippen molar-refractivity contribution in [1.29, 1.82) is 0 Å². The van der Waals surface area contributed by atoms with Gasteiger partial charge >= 0.3 is 0 Å². The summed E-state index contributed by atoms with van der Waals surface area (Å²) in [6.45, 7) is 2.61. The number of rotatable bonds is 4. The molecule has 0 radical (unpaired) electrons. The minimum Gasteiger partial charge on any atom is -0.393 e. The fourth-order valence-electron chi connectivity index (χ4n) is 1.08. The summed E-state index contributed by atoms with van der Waals surface area (Å²) in [5.74, 6) is 1.09. The molecular formula is C8H17NO. The Labute approximate surface area is 62.4 Å². The van der Waals surface area contributed by atoms with Gasteiger partial charge in [0.2, 0.25) is 0 Å². The number of aliphatic hydroxyl groups excluding tert-OH is 1. The van der Waals surface area contributed by atoms with Crippen molar-refractivity contribution in [3.05, 3.63) is 0 Å². The van der Waals surface area contributed by atoms with Crippen LogP contribution < -0.4 is 5.73 Å². The third kappa shape index (κ3) is 2.27. The highest BCUT2D eigenvalue weighted by atomic mass is 16.3. The Morgan fingerprint density at radius 1 is 1.60 bits per heavy atom. The fraction of sp³-hybridized carbons (Fsp3) is 1.00. The summed E-state index contributed by atoms with van der Waals surface area (Å²) < 4.78 is 0. The van der Waals surface area contributed by atoms with Gasteiger partial charge in [-0.15, -0.1) is 0 Å². The van der Waals surface area contributed by atoms with E-state index in [9.17, 15) is 5.11 Å². The zero-order valence-corrected chi connectivity index (χ0v) is 6.59. The second-order valence-electron chi connectivity index (χ2n) is 3.46. The summed E-state index contributed by atoms with van der Waals surface area (Å²) >= 11 is 0. The predicted octanol–water partition coefficient (Wildman–Crippen LogP) is 0.742. The molecule has 0 aliphatic heterocycles. The van der Waals surface area contributed by atoms with Crippen molar-refractivity contribution in [2.45, 2.75) is 32.3 Å². The van der Waals surface area contributed by atoms with Gasteiger partial charge in [-0.25, -0.2) is 0 Å². The molecule has 0 amide bonds. The molecule has 1 fully saturated rings. The lowest BCUT2D eigenvalue weighted by Crippen LogP contribution is -2.25. The molecule has 10 heavy (non-hydrogen) atoms. The lowest BCUT2D eigenvalue weighted by atomic mass is 10.0. The Bertz CT molecular complexity index is 101. The van der Waals surface area contributed by atoms with Crippen LogP contribution in [0.5, 0.6) is 0 Å². The molecule has 2 unspecified atom stereocenters. The van der Waals surface area contributed by atoms with Crippen LogP contribution in [0.15, 0.2) is 0 Å². The maximum atomic E-state index is 9.45. The number of nitrogens with two attached hydrogens (primary N) is 1. The molecule has 0 bridgehead atoms. The molecule has 1 aliphatic rings. The van der Waals surface area contributed by atoms with Crippen LogP contribution in [-0.4, -0.2) is 17.8 Å². The highest BCUT2D eigenvalue weighted by Gasteiger charge is 2.26. The second-order valence-corrected chi connectivity index (χ2v) is 3.46. The molecule has 0 heterocycles. The van der Waals surface area contributed by atoms with Crippen molar-refractivity contribution in [2.24, 2.45) is 17.6 Å². The molecule has 0 saturated heterocycles. The monoisotopic (exact) mass is 143 g/mol. The van der Waals surface area contributed by atoms with Gasteiger partial charge < -0.3 is 10.8 Å².